The lowest BCUT2D eigenvalue weighted by molar-refractivity contribution is -0.117. The van der Waals surface area contributed by atoms with Gasteiger partial charge in [0.25, 0.3) is 0 Å². The summed E-state index contributed by atoms with van der Waals surface area (Å²) in [5.74, 6) is 0.227. The van der Waals surface area contributed by atoms with E-state index in [2.05, 4.69) is 15.9 Å². The molecule has 1 aromatic heterocycles. The molecule has 94 valence electrons. The summed E-state index contributed by atoms with van der Waals surface area (Å²) in [5.41, 5.74) is 7.76. The summed E-state index contributed by atoms with van der Waals surface area (Å²) < 4.78 is 1.04. The van der Waals surface area contributed by atoms with Crippen LogP contribution in [0.5, 0.6) is 0 Å². The SMILES string of the molecule is NCc1ccccc1CC(=O)Cc1cc(Br)cs1. The molecule has 0 aliphatic carbocycles. The molecule has 0 fully saturated rings. The van der Waals surface area contributed by atoms with Crippen molar-refractivity contribution in [1.29, 1.82) is 0 Å². The molecule has 0 saturated carbocycles. The van der Waals surface area contributed by atoms with Crippen molar-refractivity contribution in [3.8, 4) is 0 Å². The van der Waals surface area contributed by atoms with Crippen molar-refractivity contribution in [3.05, 3.63) is 56.2 Å². The van der Waals surface area contributed by atoms with Gasteiger partial charge in [0.15, 0.2) is 0 Å². The van der Waals surface area contributed by atoms with Crippen LogP contribution in [0.1, 0.15) is 16.0 Å². The second-order valence-corrected chi connectivity index (χ2v) is 6.01. The lowest BCUT2D eigenvalue weighted by Crippen LogP contribution is -2.09. The number of nitrogens with two attached hydrogens (primary N) is 1. The molecule has 0 bridgehead atoms. The first kappa shape index (κ1) is 13.5. The topological polar surface area (TPSA) is 43.1 Å². The number of carbonyl (C=O) groups excluding carboxylic acids is 1. The molecule has 0 aliphatic rings. The largest absolute Gasteiger partial charge is 0.326 e. The van der Waals surface area contributed by atoms with Crippen molar-refractivity contribution in [2.24, 2.45) is 5.73 Å². The number of benzene rings is 1. The number of hydrogen-bond donors (Lipinski definition) is 1. The maximum atomic E-state index is 12.0. The highest BCUT2D eigenvalue weighted by atomic mass is 79.9. The first-order valence-electron chi connectivity index (χ1n) is 5.70. The van der Waals surface area contributed by atoms with Gasteiger partial charge in [-0.2, -0.15) is 0 Å². The lowest BCUT2D eigenvalue weighted by Gasteiger charge is -2.06. The third-order valence-electron chi connectivity index (χ3n) is 2.72. The monoisotopic (exact) mass is 323 g/mol. The molecule has 0 saturated heterocycles. The Morgan fingerprint density at radius 2 is 1.94 bits per heavy atom. The van der Waals surface area contributed by atoms with Crippen LogP contribution in [0.15, 0.2) is 40.2 Å². The van der Waals surface area contributed by atoms with Crippen LogP contribution >= 0.6 is 27.3 Å². The second kappa shape index (κ2) is 6.27. The maximum Gasteiger partial charge on any atom is 0.142 e. The van der Waals surface area contributed by atoms with E-state index in [1.165, 1.54) is 0 Å². The molecule has 0 unspecified atom stereocenters. The molecule has 2 N–H and O–H groups in total. The van der Waals surface area contributed by atoms with E-state index in [1.807, 2.05) is 35.7 Å². The molecular formula is C14H14BrNOS. The standard InChI is InChI=1S/C14H14BrNOS/c15-12-6-14(18-9-12)7-13(17)5-10-3-1-2-4-11(10)8-16/h1-4,6,9H,5,7-8,16H2. The van der Waals surface area contributed by atoms with Gasteiger partial charge in [-0.25, -0.2) is 0 Å². The van der Waals surface area contributed by atoms with Gasteiger partial charge in [0.2, 0.25) is 0 Å². The van der Waals surface area contributed by atoms with Crippen molar-refractivity contribution in [2.75, 3.05) is 0 Å². The Labute approximate surface area is 119 Å². The molecule has 4 heteroatoms. The van der Waals surface area contributed by atoms with Crippen molar-refractivity contribution in [2.45, 2.75) is 19.4 Å². The normalized spacial score (nSPS) is 10.6. The Morgan fingerprint density at radius 1 is 1.22 bits per heavy atom. The van der Waals surface area contributed by atoms with Gasteiger partial charge < -0.3 is 5.73 Å². The zero-order valence-electron chi connectivity index (χ0n) is 9.86. The van der Waals surface area contributed by atoms with Crippen molar-refractivity contribution in [3.63, 3.8) is 0 Å². The number of thiophene rings is 1. The summed E-state index contributed by atoms with van der Waals surface area (Å²) in [4.78, 5) is 13.1. The first-order chi connectivity index (χ1) is 8.69. The van der Waals surface area contributed by atoms with Crippen LogP contribution in [-0.4, -0.2) is 5.78 Å². The van der Waals surface area contributed by atoms with Gasteiger partial charge in [-0.05, 0) is 33.1 Å². The Balaban J connectivity index is 2.03. The third kappa shape index (κ3) is 3.51. The molecule has 2 aromatic rings. The number of ketones is 1. The Hall–Kier alpha value is -0.970. The number of hydrogen-bond acceptors (Lipinski definition) is 3. The lowest BCUT2D eigenvalue weighted by atomic mass is 10.0. The fraction of sp³-hybridized carbons (Fsp3) is 0.214. The minimum absolute atomic E-state index is 0.227. The van der Waals surface area contributed by atoms with Gasteiger partial charge in [-0.15, -0.1) is 11.3 Å². The van der Waals surface area contributed by atoms with Crippen LogP contribution < -0.4 is 5.73 Å². The molecule has 0 amide bonds. The molecule has 1 aromatic carbocycles. The van der Waals surface area contributed by atoms with Crippen LogP contribution in [0.2, 0.25) is 0 Å². The minimum Gasteiger partial charge on any atom is -0.326 e. The van der Waals surface area contributed by atoms with Crippen molar-refractivity contribution in [1.82, 2.24) is 0 Å². The highest BCUT2D eigenvalue weighted by Gasteiger charge is 2.09. The van der Waals surface area contributed by atoms with Crippen LogP contribution in [0.3, 0.4) is 0 Å². The van der Waals surface area contributed by atoms with Gasteiger partial charge in [0.1, 0.15) is 5.78 Å². The van der Waals surface area contributed by atoms with Gasteiger partial charge in [-0.1, -0.05) is 24.3 Å². The quantitative estimate of drug-likeness (QED) is 0.917. The zero-order chi connectivity index (χ0) is 13.0. The summed E-state index contributed by atoms with van der Waals surface area (Å²) in [6.45, 7) is 0.480. The highest BCUT2D eigenvalue weighted by Crippen LogP contribution is 2.21. The Bertz CT molecular complexity index is 550. The van der Waals surface area contributed by atoms with Crippen molar-refractivity contribution < 1.29 is 4.79 Å². The van der Waals surface area contributed by atoms with E-state index in [1.54, 1.807) is 11.3 Å². The fourth-order valence-electron chi connectivity index (χ4n) is 1.84. The summed E-state index contributed by atoms with van der Waals surface area (Å²) in [7, 11) is 0. The van der Waals surface area contributed by atoms with E-state index in [0.29, 0.717) is 19.4 Å². The molecule has 0 aliphatic heterocycles. The van der Waals surface area contributed by atoms with E-state index >= 15 is 0 Å². The van der Waals surface area contributed by atoms with Gasteiger partial charge >= 0.3 is 0 Å². The Kier molecular flexibility index (Phi) is 4.69. The van der Waals surface area contributed by atoms with E-state index in [9.17, 15) is 4.79 Å². The Morgan fingerprint density at radius 3 is 2.56 bits per heavy atom. The summed E-state index contributed by atoms with van der Waals surface area (Å²) in [5, 5.41) is 2.00. The number of rotatable bonds is 5. The van der Waals surface area contributed by atoms with Crippen LogP contribution in [0, 0.1) is 0 Å². The highest BCUT2D eigenvalue weighted by molar-refractivity contribution is 9.10. The van der Waals surface area contributed by atoms with Crippen molar-refractivity contribution >= 4 is 33.0 Å². The molecular weight excluding hydrogens is 310 g/mol. The van der Waals surface area contributed by atoms with Gasteiger partial charge in [0, 0.05) is 34.1 Å². The predicted octanol–water partition coefficient (Wildman–Crippen LogP) is 3.32. The first-order valence-corrected chi connectivity index (χ1v) is 7.37. The molecule has 0 spiro atoms. The van der Waals surface area contributed by atoms with E-state index in [-0.39, 0.29) is 5.78 Å². The molecule has 2 rings (SSSR count). The van der Waals surface area contributed by atoms with Crippen LogP contribution in [0.25, 0.3) is 0 Å². The van der Waals surface area contributed by atoms with E-state index in [0.717, 1.165) is 20.5 Å². The number of halogens is 1. The smallest absolute Gasteiger partial charge is 0.142 e. The summed E-state index contributed by atoms with van der Waals surface area (Å²) >= 11 is 5.00. The van der Waals surface area contributed by atoms with Crippen LogP contribution in [0.4, 0.5) is 0 Å². The van der Waals surface area contributed by atoms with E-state index in [4.69, 9.17) is 5.73 Å². The number of carbonyl (C=O) groups is 1. The molecule has 1 heterocycles. The molecule has 0 atom stereocenters. The predicted molar refractivity (Wildman–Crippen MR) is 78.8 cm³/mol. The maximum absolute atomic E-state index is 12.0. The van der Waals surface area contributed by atoms with Gasteiger partial charge in [-0.3, -0.25) is 4.79 Å². The van der Waals surface area contributed by atoms with E-state index < -0.39 is 0 Å². The molecule has 0 radical (unpaired) electrons. The third-order valence-corrected chi connectivity index (χ3v) is 4.42. The second-order valence-electron chi connectivity index (χ2n) is 4.10. The zero-order valence-corrected chi connectivity index (χ0v) is 12.3. The van der Waals surface area contributed by atoms with Gasteiger partial charge in [0.05, 0.1) is 0 Å². The number of Topliss-reactive ketones (excluding diaryl/α,β-unsaturated/α-hetero) is 1. The minimum atomic E-state index is 0.227. The summed E-state index contributed by atoms with van der Waals surface area (Å²) in [6.07, 6.45) is 0.956. The fourth-order valence-corrected chi connectivity index (χ4v) is 3.32. The van der Waals surface area contributed by atoms with Crippen LogP contribution in [-0.2, 0) is 24.2 Å². The summed E-state index contributed by atoms with van der Waals surface area (Å²) in [6, 6.07) is 9.85. The average molecular weight is 324 g/mol. The molecule has 18 heavy (non-hydrogen) atoms. The average Bonchev–Trinajstić information content (AvgIpc) is 2.75. The molecule has 2 nitrogen and oxygen atoms in total.